The zero-order chi connectivity index (χ0) is 28.3. The molecule has 1 unspecified atom stereocenters. The number of piperidine rings is 1. The Morgan fingerprint density at radius 2 is 1.82 bits per heavy atom. The minimum Gasteiger partial charge on any atom is -0.481 e. The van der Waals surface area contributed by atoms with E-state index in [0.29, 0.717) is 5.56 Å². The van der Waals surface area contributed by atoms with Crippen molar-refractivity contribution in [1.82, 2.24) is 9.88 Å². The summed E-state index contributed by atoms with van der Waals surface area (Å²) >= 11 is 0. The molecule has 11 heteroatoms. The first-order chi connectivity index (χ1) is 17.8. The van der Waals surface area contributed by atoms with Gasteiger partial charge >= 0.3 is 12.7 Å². The number of nitrogens with zero attached hydrogens (tertiary/aromatic N) is 2. The average molecular weight is 534 g/mol. The molecule has 1 fully saturated rings. The molecule has 1 N–H and O–H groups in total. The number of likely N-dealkylation sites (tertiary alicyclic amines) is 1. The number of aromatic nitrogens is 1. The second kappa shape index (κ2) is 11.3. The SMILES string of the molecule is COc1ccc(NC(=O)C2(c3ccccc3C(C)C)CCN(C(=O)OC(C)(C)C)C(=O)C2)c(OC(F)F)n1. The Bertz CT molecular complexity index is 1200. The third-order valence-electron chi connectivity index (χ3n) is 6.16. The number of hydrogen-bond donors (Lipinski definition) is 1. The lowest BCUT2D eigenvalue weighted by molar-refractivity contribution is -0.139. The highest BCUT2D eigenvalue weighted by molar-refractivity contribution is 6.05. The highest BCUT2D eigenvalue weighted by Crippen LogP contribution is 2.42. The maximum absolute atomic E-state index is 14.0. The molecule has 206 valence electrons. The minimum absolute atomic E-state index is 0.00948. The summed E-state index contributed by atoms with van der Waals surface area (Å²) < 4.78 is 41.0. The van der Waals surface area contributed by atoms with Gasteiger partial charge in [0, 0.05) is 19.0 Å². The minimum atomic E-state index is -3.19. The van der Waals surface area contributed by atoms with E-state index in [-0.39, 0.29) is 36.9 Å². The molecule has 1 aromatic carbocycles. The van der Waals surface area contributed by atoms with Crippen LogP contribution in [0.25, 0.3) is 0 Å². The highest BCUT2D eigenvalue weighted by Gasteiger charge is 2.49. The van der Waals surface area contributed by atoms with Crippen LogP contribution in [-0.4, -0.2) is 53.7 Å². The molecule has 0 bridgehead atoms. The summed E-state index contributed by atoms with van der Waals surface area (Å²) in [6, 6.07) is 9.97. The summed E-state index contributed by atoms with van der Waals surface area (Å²) in [6.45, 7) is 5.73. The highest BCUT2D eigenvalue weighted by atomic mass is 19.3. The molecule has 0 saturated carbocycles. The van der Waals surface area contributed by atoms with Crippen molar-refractivity contribution < 1.29 is 37.4 Å². The molecule has 1 aliphatic rings. The molecular formula is C27H33F2N3O6. The van der Waals surface area contributed by atoms with Crippen molar-refractivity contribution in [3.8, 4) is 11.8 Å². The molecule has 0 aliphatic carbocycles. The van der Waals surface area contributed by atoms with Crippen molar-refractivity contribution in [2.45, 2.75) is 71.0 Å². The smallest absolute Gasteiger partial charge is 0.417 e. The second-order valence-electron chi connectivity index (χ2n) is 10.3. The fourth-order valence-electron chi connectivity index (χ4n) is 4.41. The fourth-order valence-corrected chi connectivity index (χ4v) is 4.41. The number of rotatable bonds is 7. The molecule has 0 spiro atoms. The lowest BCUT2D eigenvalue weighted by Crippen LogP contribution is -2.54. The van der Waals surface area contributed by atoms with E-state index in [4.69, 9.17) is 9.47 Å². The first-order valence-corrected chi connectivity index (χ1v) is 12.2. The second-order valence-corrected chi connectivity index (χ2v) is 10.3. The number of methoxy groups -OCH3 is 1. The molecular weight excluding hydrogens is 500 g/mol. The first-order valence-electron chi connectivity index (χ1n) is 12.2. The predicted octanol–water partition coefficient (Wildman–Crippen LogP) is 5.25. The van der Waals surface area contributed by atoms with Crippen LogP contribution >= 0.6 is 0 Å². The van der Waals surface area contributed by atoms with Crippen LogP contribution in [0.1, 0.15) is 64.5 Å². The number of benzene rings is 1. The number of amides is 3. The van der Waals surface area contributed by atoms with Crippen LogP contribution in [0.3, 0.4) is 0 Å². The summed E-state index contributed by atoms with van der Waals surface area (Å²) in [5.41, 5.74) is -0.867. The van der Waals surface area contributed by atoms with Gasteiger partial charge in [0.25, 0.3) is 0 Å². The first kappa shape index (κ1) is 28.8. The van der Waals surface area contributed by atoms with Gasteiger partial charge in [-0.05, 0) is 50.3 Å². The van der Waals surface area contributed by atoms with Crippen LogP contribution < -0.4 is 14.8 Å². The zero-order valence-corrected chi connectivity index (χ0v) is 22.3. The lowest BCUT2D eigenvalue weighted by atomic mass is 9.69. The lowest BCUT2D eigenvalue weighted by Gasteiger charge is -2.41. The van der Waals surface area contributed by atoms with Crippen molar-refractivity contribution in [2.24, 2.45) is 0 Å². The van der Waals surface area contributed by atoms with Crippen LogP contribution in [0.5, 0.6) is 11.8 Å². The molecule has 2 heterocycles. The topological polar surface area (TPSA) is 107 Å². The van der Waals surface area contributed by atoms with Crippen LogP contribution in [0, 0.1) is 0 Å². The normalized spacial score (nSPS) is 17.9. The van der Waals surface area contributed by atoms with E-state index in [1.54, 1.807) is 32.9 Å². The van der Waals surface area contributed by atoms with Gasteiger partial charge in [-0.1, -0.05) is 38.1 Å². The van der Waals surface area contributed by atoms with Crippen LogP contribution in [0.4, 0.5) is 19.3 Å². The van der Waals surface area contributed by atoms with E-state index in [1.807, 2.05) is 26.0 Å². The van der Waals surface area contributed by atoms with Crippen molar-refractivity contribution in [2.75, 3.05) is 19.0 Å². The third-order valence-corrected chi connectivity index (χ3v) is 6.16. The van der Waals surface area contributed by atoms with Gasteiger partial charge in [-0.3, -0.25) is 9.59 Å². The summed E-state index contributed by atoms with van der Waals surface area (Å²) in [6.07, 6.45) is -1.04. The number of imide groups is 1. The standard InChI is InChI=1S/C27H33F2N3O6/c1-16(2)17-9-7-8-10-18(17)27(13-14-32(21(33)15-27)25(35)38-26(3,4)5)23(34)30-19-11-12-20(36-6)31-22(19)37-24(28)29/h7-12,16,24H,13-15H2,1-6H3,(H,30,34). The summed E-state index contributed by atoms with van der Waals surface area (Å²) in [4.78, 5) is 44.9. The van der Waals surface area contributed by atoms with Gasteiger partial charge in [0.05, 0.1) is 12.5 Å². The van der Waals surface area contributed by atoms with E-state index in [9.17, 15) is 23.2 Å². The van der Waals surface area contributed by atoms with Gasteiger partial charge < -0.3 is 19.5 Å². The molecule has 0 radical (unpaired) electrons. The van der Waals surface area contributed by atoms with Gasteiger partial charge in [0.1, 0.15) is 11.3 Å². The van der Waals surface area contributed by atoms with Crippen molar-refractivity contribution in [1.29, 1.82) is 0 Å². The fraction of sp³-hybridized carbons (Fsp3) is 0.481. The Labute approximate surface area is 220 Å². The summed E-state index contributed by atoms with van der Waals surface area (Å²) in [5.74, 6) is -1.71. The largest absolute Gasteiger partial charge is 0.481 e. The van der Waals surface area contributed by atoms with Crippen molar-refractivity contribution in [3.63, 3.8) is 0 Å². The average Bonchev–Trinajstić information content (AvgIpc) is 2.83. The van der Waals surface area contributed by atoms with Gasteiger partial charge in [0.2, 0.25) is 23.6 Å². The number of nitrogens with one attached hydrogen (secondary N) is 1. The summed E-state index contributed by atoms with van der Waals surface area (Å²) in [7, 11) is 1.31. The quantitative estimate of drug-likeness (QED) is 0.518. The number of alkyl halides is 2. The molecule has 1 aromatic heterocycles. The monoisotopic (exact) mass is 533 g/mol. The summed E-state index contributed by atoms with van der Waals surface area (Å²) in [5, 5.41) is 2.64. The molecule has 1 aliphatic heterocycles. The van der Waals surface area contributed by atoms with E-state index < -0.39 is 41.4 Å². The Hall–Kier alpha value is -3.76. The Morgan fingerprint density at radius 1 is 1.13 bits per heavy atom. The zero-order valence-electron chi connectivity index (χ0n) is 22.3. The van der Waals surface area contributed by atoms with Gasteiger partial charge in [0.15, 0.2) is 0 Å². The number of halogens is 2. The van der Waals surface area contributed by atoms with E-state index >= 15 is 0 Å². The maximum atomic E-state index is 14.0. The predicted molar refractivity (Wildman–Crippen MR) is 135 cm³/mol. The van der Waals surface area contributed by atoms with Crippen molar-refractivity contribution in [3.05, 3.63) is 47.5 Å². The molecule has 1 atom stereocenters. The van der Waals surface area contributed by atoms with Crippen LogP contribution in [0.2, 0.25) is 0 Å². The molecule has 2 aromatic rings. The van der Waals surface area contributed by atoms with Crippen LogP contribution in [0.15, 0.2) is 36.4 Å². The van der Waals surface area contributed by atoms with Crippen LogP contribution in [-0.2, 0) is 19.7 Å². The number of carbonyl (C=O) groups is 3. The molecule has 9 nitrogen and oxygen atoms in total. The number of carbonyl (C=O) groups excluding carboxylic acids is 3. The number of ether oxygens (including phenoxy) is 3. The van der Waals surface area contributed by atoms with E-state index in [0.717, 1.165) is 10.5 Å². The molecule has 3 amide bonds. The number of anilines is 1. The van der Waals surface area contributed by atoms with E-state index in [2.05, 4.69) is 15.0 Å². The molecule has 38 heavy (non-hydrogen) atoms. The Kier molecular flexibility index (Phi) is 8.58. The van der Waals surface area contributed by atoms with Gasteiger partial charge in [-0.15, -0.1) is 0 Å². The Balaban J connectivity index is 2.04. The number of pyridine rings is 1. The number of hydrogen-bond acceptors (Lipinski definition) is 7. The maximum Gasteiger partial charge on any atom is 0.417 e. The van der Waals surface area contributed by atoms with Crippen molar-refractivity contribution >= 4 is 23.6 Å². The van der Waals surface area contributed by atoms with Gasteiger partial charge in [-0.25, -0.2) is 9.69 Å². The Morgan fingerprint density at radius 3 is 2.39 bits per heavy atom. The molecule has 3 rings (SSSR count). The third kappa shape index (κ3) is 6.38. The van der Waals surface area contributed by atoms with Gasteiger partial charge in [-0.2, -0.15) is 13.8 Å². The van der Waals surface area contributed by atoms with E-state index in [1.165, 1.54) is 19.2 Å². The molecule has 1 saturated heterocycles.